The van der Waals surface area contributed by atoms with E-state index in [0.29, 0.717) is 66.6 Å². The first-order valence-corrected chi connectivity index (χ1v) is 18.6. The SMILES string of the molecule is Cc1c(CN2CCC(Nc3ncnc4sc(CC(F)(F)F)cc34)CC2)cc2c3c1cc(C#N)n3CC(N1CCN(S(C)(=O)=O)CC1)C2F. The number of halogens is 4. The van der Waals surface area contributed by atoms with Gasteiger partial charge in [-0.2, -0.15) is 22.7 Å². The molecular weight excluding hydrogens is 669 g/mol. The van der Waals surface area contributed by atoms with Gasteiger partial charge in [-0.25, -0.2) is 22.8 Å². The first-order valence-electron chi connectivity index (χ1n) is 16.0. The number of nitriles is 1. The van der Waals surface area contributed by atoms with E-state index in [4.69, 9.17) is 0 Å². The molecule has 0 saturated carbocycles. The van der Waals surface area contributed by atoms with E-state index in [1.165, 1.54) is 23.0 Å². The van der Waals surface area contributed by atoms with Crippen molar-refractivity contribution in [2.24, 2.45) is 0 Å². The Balaban J connectivity index is 1.06. The minimum Gasteiger partial charge on any atom is -0.367 e. The third kappa shape index (κ3) is 6.38. The lowest BCUT2D eigenvalue weighted by molar-refractivity contribution is -0.126. The molecule has 1 N–H and O–H groups in total. The number of hydrogen-bond acceptors (Lipinski definition) is 9. The smallest absolute Gasteiger partial charge is 0.367 e. The number of sulfonamides is 1. The van der Waals surface area contributed by atoms with Crippen molar-refractivity contribution in [2.45, 2.75) is 63.7 Å². The molecule has 0 aliphatic carbocycles. The standard InChI is InChI=1S/C32H36F4N8O2S2/c1-19-20(16-41-5-3-21(4-6-41)40-30-26-13-23(14-32(34,35)36)47-31(26)39-18-38-30)11-25-28(33)27(17-44-22(15-37)12-24(19)29(25)44)42-7-9-43(10-8-42)48(2,45)46/h11-13,18,21,27-28H,3-10,14,16-17H2,1-2H3,(H,38,39,40). The van der Waals surface area contributed by atoms with Gasteiger partial charge in [0.15, 0.2) is 0 Å². The lowest BCUT2D eigenvalue weighted by Gasteiger charge is -2.42. The Labute approximate surface area is 280 Å². The van der Waals surface area contributed by atoms with Crippen LogP contribution in [-0.2, 0) is 29.5 Å². The lowest BCUT2D eigenvalue weighted by atomic mass is 9.91. The van der Waals surface area contributed by atoms with Crippen molar-refractivity contribution in [1.82, 2.24) is 28.6 Å². The van der Waals surface area contributed by atoms with Crippen LogP contribution >= 0.6 is 11.3 Å². The maximum atomic E-state index is 16.5. The topological polar surface area (TPSA) is 110 Å². The molecule has 3 aliphatic heterocycles. The Morgan fingerprint density at radius 3 is 2.46 bits per heavy atom. The van der Waals surface area contributed by atoms with E-state index in [2.05, 4.69) is 26.3 Å². The highest BCUT2D eigenvalue weighted by Gasteiger charge is 2.39. The summed E-state index contributed by atoms with van der Waals surface area (Å²) in [6.07, 6.45) is -2.42. The highest BCUT2D eigenvalue weighted by molar-refractivity contribution is 7.88. The second-order valence-corrected chi connectivity index (χ2v) is 16.2. The van der Waals surface area contributed by atoms with Crippen LogP contribution in [0.25, 0.3) is 21.1 Å². The summed E-state index contributed by atoms with van der Waals surface area (Å²) in [4.78, 5) is 13.6. The van der Waals surface area contributed by atoms with Crippen molar-refractivity contribution < 1.29 is 26.0 Å². The summed E-state index contributed by atoms with van der Waals surface area (Å²) in [5.41, 5.74) is 3.84. The Morgan fingerprint density at radius 2 is 1.79 bits per heavy atom. The Bertz CT molecular complexity index is 2010. The molecule has 4 aromatic rings. The van der Waals surface area contributed by atoms with Gasteiger partial charge in [-0.1, -0.05) is 0 Å². The first-order chi connectivity index (χ1) is 22.8. The summed E-state index contributed by atoms with van der Waals surface area (Å²) >= 11 is 1.03. The Kier molecular flexibility index (Phi) is 8.64. The van der Waals surface area contributed by atoms with Gasteiger partial charge in [0, 0.05) is 74.2 Å². The summed E-state index contributed by atoms with van der Waals surface area (Å²) in [6.45, 7) is 5.93. The molecule has 0 amide bonds. The number of likely N-dealkylation sites (tertiary alicyclic amines) is 1. The van der Waals surface area contributed by atoms with Gasteiger partial charge in [-0.15, -0.1) is 11.3 Å². The summed E-state index contributed by atoms with van der Waals surface area (Å²) in [6, 6.07) is 7.21. The van der Waals surface area contributed by atoms with Gasteiger partial charge in [0.25, 0.3) is 0 Å². The molecule has 16 heteroatoms. The van der Waals surface area contributed by atoms with Crippen LogP contribution in [0.1, 0.15) is 46.3 Å². The molecule has 7 rings (SSSR count). The molecule has 256 valence electrons. The monoisotopic (exact) mass is 704 g/mol. The fourth-order valence-corrected chi connectivity index (χ4v) is 9.32. The number of aromatic nitrogens is 3. The fraction of sp³-hybridized carbons (Fsp3) is 0.531. The van der Waals surface area contributed by atoms with Crippen LogP contribution in [0.3, 0.4) is 0 Å². The highest BCUT2D eigenvalue weighted by atomic mass is 32.2. The minimum atomic E-state index is -4.29. The van der Waals surface area contributed by atoms with E-state index >= 15 is 4.39 Å². The number of rotatable bonds is 7. The van der Waals surface area contributed by atoms with Gasteiger partial charge in [-0.05, 0) is 49.1 Å². The van der Waals surface area contributed by atoms with Gasteiger partial charge < -0.3 is 9.88 Å². The average molecular weight is 705 g/mol. The summed E-state index contributed by atoms with van der Waals surface area (Å²) in [5, 5.41) is 14.9. The van der Waals surface area contributed by atoms with Crippen molar-refractivity contribution in [3.63, 3.8) is 0 Å². The zero-order valence-electron chi connectivity index (χ0n) is 26.6. The molecule has 0 spiro atoms. The molecular formula is C32H36F4N8O2S2. The maximum absolute atomic E-state index is 16.5. The minimum absolute atomic E-state index is 0.0846. The van der Waals surface area contributed by atoms with E-state index < -0.39 is 34.8 Å². The van der Waals surface area contributed by atoms with Crippen molar-refractivity contribution in [3.05, 3.63) is 51.8 Å². The number of fused-ring (bicyclic) bond motifs is 1. The number of nitrogens with one attached hydrogen (secondary N) is 1. The highest BCUT2D eigenvalue weighted by Crippen LogP contribution is 2.42. The van der Waals surface area contributed by atoms with Gasteiger partial charge in [0.2, 0.25) is 10.0 Å². The lowest BCUT2D eigenvalue weighted by Crippen LogP contribution is -2.54. The molecule has 3 aromatic heterocycles. The van der Waals surface area contributed by atoms with Crippen LogP contribution in [0.4, 0.5) is 23.4 Å². The molecule has 0 radical (unpaired) electrons. The first kappa shape index (κ1) is 33.2. The molecule has 10 nitrogen and oxygen atoms in total. The van der Waals surface area contributed by atoms with Crippen LogP contribution in [0.5, 0.6) is 0 Å². The van der Waals surface area contributed by atoms with E-state index in [0.717, 1.165) is 59.3 Å². The number of hydrogen-bond donors (Lipinski definition) is 1. The quantitative estimate of drug-likeness (QED) is 0.269. The molecule has 48 heavy (non-hydrogen) atoms. The van der Waals surface area contributed by atoms with Crippen LogP contribution in [0.2, 0.25) is 0 Å². The molecule has 2 unspecified atom stereocenters. The number of alkyl halides is 4. The zero-order chi connectivity index (χ0) is 34.0. The number of thiophene rings is 1. The summed E-state index contributed by atoms with van der Waals surface area (Å²) < 4.78 is 82.9. The van der Waals surface area contributed by atoms with Crippen molar-refractivity contribution in [2.75, 3.05) is 50.8 Å². The number of piperidine rings is 1. The average Bonchev–Trinajstić information content (AvgIpc) is 3.62. The third-order valence-corrected chi connectivity index (χ3v) is 12.3. The summed E-state index contributed by atoms with van der Waals surface area (Å²) in [7, 11) is -3.32. The maximum Gasteiger partial charge on any atom is 0.393 e. The predicted octanol–water partition coefficient (Wildman–Crippen LogP) is 4.98. The fourth-order valence-electron chi connectivity index (χ4n) is 7.47. The van der Waals surface area contributed by atoms with Crippen molar-refractivity contribution in [1.29, 1.82) is 5.26 Å². The van der Waals surface area contributed by atoms with E-state index in [1.54, 1.807) is 0 Å². The van der Waals surface area contributed by atoms with Crippen LogP contribution < -0.4 is 5.32 Å². The van der Waals surface area contributed by atoms with Gasteiger partial charge in [0.1, 0.15) is 34.9 Å². The molecule has 3 aliphatic rings. The Hall–Kier alpha value is -3.36. The van der Waals surface area contributed by atoms with Gasteiger partial charge in [-0.3, -0.25) is 9.80 Å². The van der Waals surface area contributed by atoms with E-state index in [-0.39, 0.29) is 10.9 Å². The van der Waals surface area contributed by atoms with Crippen LogP contribution in [0.15, 0.2) is 24.5 Å². The third-order valence-electron chi connectivity index (χ3n) is 9.99. The van der Waals surface area contributed by atoms with E-state index in [1.807, 2.05) is 28.5 Å². The molecule has 1 aromatic carbocycles. The second kappa shape index (κ2) is 12.5. The number of anilines is 1. The molecule has 2 atom stereocenters. The van der Waals surface area contributed by atoms with Crippen LogP contribution in [-0.4, -0.2) is 101 Å². The normalized spacial score (nSPS) is 22.0. The van der Waals surface area contributed by atoms with Crippen molar-refractivity contribution in [3.8, 4) is 6.07 Å². The molecule has 6 heterocycles. The second-order valence-electron chi connectivity index (χ2n) is 13.1. The Morgan fingerprint density at radius 1 is 1.06 bits per heavy atom. The van der Waals surface area contributed by atoms with Gasteiger partial charge >= 0.3 is 6.18 Å². The summed E-state index contributed by atoms with van der Waals surface area (Å²) in [5.74, 6) is 0.544. The molecule has 0 bridgehead atoms. The van der Waals surface area contributed by atoms with Crippen molar-refractivity contribution >= 4 is 48.3 Å². The predicted molar refractivity (Wildman–Crippen MR) is 176 cm³/mol. The van der Waals surface area contributed by atoms with Crippen LogP contribution in [0, 0.1) is 18.3 Å². The number of piperazine rings is 1. The zero-order valence-corrected chi connectivity index (χ0v) is 28.2. The number of aryl methyl sites for hydroxylation is 1. The van der Waals surface area contributed by atoms with E-state index in [9.17, 15) is 26.9 Å². The molecule has 2 saturated heterocycles. The number of benzene rings is 1. The van der Waals surface area contributed by atoms with Gasteiger partial charge in [0.05, 0.1) is 29.6 Å². The number of nitrogens with zero attached hydrogens (tertiary/aromatic N) is 7. The largest absolute Gasteiger partial charge is 0.393 e. The molecule has 2 fully saturated rings.